The van der Waals surface area contributed by atoms with Gasteiger partial charge in [-0.2, -0.15) is 0 Å². The first-order valence-corrected chi connectivity index (χ1v) is 3.87. The molecule has 11 heavy (non-hydrogen) atoms. The Morgan fingerprint density at radius 3 is 2.36 bits per heavy atom. The predicted molar refractivity (Wildman–Crippen MR) is 42.1 cm³/mol. The lowest BCUT2D eigenvalue weighted by atomic mass is 9.98. The first-order valence-electron chi connectivity index (χ1n) is 3.87. The van der Waals surface area contributed by atoms with Crippen LogP contribution in [-0.2, 0) is 4.79 Å². The highest BCUT2D eigenvalue weighted by atomic mass is 19.1. The van der Waals surface area contributed by atoms with Crippen LogP contribution in [0.4, 0.5) is 4.39 Å². The van der Waals surface area contributed by atoms with Crippen LogP contribution in [0.15, 0.2) is 11.6 Å². The van der Waals surface area contributed by atoms with E-state index in [1.165, 1.54) is 13.0 Å². The van der Waals surface area contributed by atoms with Crippen LogP contribution in [0, 0.1) is 5.92 Å². The van der Waals surface area contributed by atoms with E-state index in [0.717, 1.165) is 5.57 Å². The van der Waals surface area contributed by atoms with E-state index in [2.05, 4.69) is 0 Å². The smallest absolute Gasteiger partial charge is 0.192 e. The summed E-state index contributed by atoms with van der Waals surface area (Å²) in [7, 11) is 0. The molecule has 0 saturated carbocycles. The van der Waals surface area contributed by atoms with Gasteiger partial charge < -0.3 is 0 Å². The molecule has 0 aromatic rings. The molecule has 0 saturated heterocycles. The lowest BCUT2D eigenvalue weighted by Crippen LogP contribution is -2.23. The zero-order valence-corrected chi connectivity index (χ0v) is 7.15. The van der Waals surface area contributed by atoms with Crippen molar-refractivity contribution in [2.75, 3.05) is 0 Å². The second-order valence-corrected chi connectivity index (χ2v) is 3.61. The minimum Gasteiger partial charge on any atom is -0.291 e. The van der Waals surface area contributed by atoms with Crippen LogP contribution < -0.4 is 0 Å². The topological polar surface area (TPSA) is 17.1 Å². The van der Waals surface area contributed by atoms with Crippen molar-refractivity contribution in [1.82, 2.24) is 0 Å². The quantitative estimate of drug-likeness (QED) is 0.569. The zero-order valence-electron chi connectivity index (χ0n) is 7.15. The number of alkyl halides is 1. The number of allylic oxidation sites excluding steroid dienone is 2. The molecule has 2 heteroatoms. The Hall–Kier alpha value is -0.660. The molecule has 0 heterocycles. The molecule has 0 amide bonds. The minimum absolute atomic E-state index is 0.281. The van der Waals surface area contributed by atoms with Gasteiger partial charge in [-0.25, -0.2) is 4.39 Å². The Kier molecular flexibility index (Phi) is 1.87. The van der Waals surface area contributed by atoms with Gasteiger partial charge in [0, 0.05) is 6.42 Å². The molecule has 0 bridgehead atoms. The maximum atomic E-state index is 13.2. The number of hydrogen-bond donors (Lipinski definition) is 0. The molecule has 0 aromatic carbocycles. The van der Waals surface area contributed by atoms with E-state index < -0.39 is 5.67 Å². The summed E-state index contributed by atoms with van der Waals surface area (Å²) in [5.74, 6) is -0.0854. The van der Waals surface area contributed by atoms with Gasteiger partial charge in [0.1, 0.15) is 0 Å². The maximum absolute atomic E-state index is 13.2. The molecule has 1 atom stereocenters. The molecule has 1 nitrogen and oxygen atoms in total. The van der Waals surface area contributed by atoms with E-state index >= 15 is 0 Å². The summed E-state index contributed by atoms with van der Waals surface area (Å²) in [6, 6.07) is 0. The summed E-state index contributed by atoms with van der Waals surface area (Å²) in [6.45, 7) is 5.29. The Balaban J connectivity index is 2.80. The Morgan fingerprint density at radius 2 is 2.18 bits per heavy atom. The van der Waals surface area contributed by atoms with Crippen molar-refractivity contribution < 1.29 is 9.18 Å². The summed E-state index contributed by atoms with van der Waals surface area (Å²) in [4.78, 5) is 11.0. The number of ketones is 1. The number of rotatable bonds is 1. The van der Waals surface area contributed by atoms with Crippen LogP contribution in [0.2, 0.25) is 0 Å². The van der Waals surface area contributed by atoms with Crippen LogP contribution in [0.5, 0.6) is 0 Å². The van der Waals surface area contributed by atoms with Crippen molar-refractivity contribution in [2.24, 2.45) is 5.92 Å². The van der Waals surface area contributed by atoms with Gasteiger partial charge in [-0.3, -0.25) is 4.79 Å². The molecular formula is C9H13FO. The monoisotopic (exact) mass is 156 g/mol. The fourth-order valence-electron chi connectivity index (χ4n) is 1.21. The highest BCUT2D eigenvalue weighted by Gasteiger charge is 2.38. The van der Waals surface area contributed by atoms with E-state index in [9.17, 15) is 9.18 Å². The van der Waals surface area contributed by atoms with Crippen molar-refractivity contribution in [3.63, 3.8) is 0 Å². The number of hydrogen-bond acceptors (Lipinski definition) is 1. The number of halogens is 1. The van der Waals surface area contributed by atoms with E-state index in [0.29, 0.717) is 0 Å². The highest BCUT2D eigenvalue weighted by molar-refractivity contribution is 6.00. The van der Waals surface area contributed by atoms with Crippen LogP contribution in [0.1, 0.15) is 27.2 Å². The zero-order chi connectivity index (χ0) is 8.65. The summed E-state index contributed by atoms with van der Waals surface area (Å²) in [5, 5.41) is 0. The van der Waals surface area contributed by atoms with Crippen molar-refractivity contribution in [1.29, 1.82) is 0 Å². The van der Waals surface area contributed by atoms with E-state index in [4.69, 9.17) is 0 Å². The van der Waals surface area contributed by atoms with Crippen molar-refractivity contribution in [3.05, 3.63) is 11.6 Å². The summed E-state index contributed by atoms with van der Waals surface area (Å²) >= 11 is 0. The lowest BCUT2D eigenvalue weighted by Gasteiger charge is -2.12. The summed E-state index contributed by atoms with van der Waals surface area (Å²) in [5.41, 5.74) is -0.695. The van der Waals surface area contributed by atoms with Gasteiger partial charge in [-0.05, 0) is 18.9 Å². The fraction of sp³-hybridized carbons (Fsp3) is 0.667. The average Bonchev–Trinajstić information content (AvgIpc) is 2.08. The molecule has 0 aliphatic heterocycles. The van der Waals surface area contributed by atoms with E-state index in [1.54, 1.807) is 0 Å². The molecule has 1 aliphatic carbocycles. The molecular weight excluding hydrogens is 143 g/mol. The van der Waals surface area contributed by atoms with Crippen LogP contribution in [0.3, 0.4) is 0 Å². The fourth-order valence-corrected chi connectivity index (χ4v) is 1.21. The molecule has 0 aromatic heterocycles. The highest BCUT2D eigenvalue weighted by Crippen LogP contribution is 2.33. The van der Waals surface area contributed by atoms with Gasteiger partial charge in [0.15, 0.2) is 11.5 Å². The molecule has 0 radical (unpaired) electrons. The SMILES string of the molecule is CC(C)C1=CC(=O)C(C)(F)C1. The van der Waals surface area contributed by atoms with Crippen LogP contribution in [-0.4, -0.2) is 11.5 Å². The number of carbonyl (C=O) groups excluding carboxylic acids is 1. The minimum atomic E-state index is -1.63. The second-order valence-electron chi connectivity index (χ2n) is 3.61. The molecule has 62 valence electrons. The number of carbonyl (C=O) groups is 1. The van der Waals surface area contributed by atoms with Gasteiger partial charge >= 0.3 is 0 Å². The van der Waals surface area contributed by atoms with Crippen LogP contribution >= 0.6 is 0 Å². The molecule has 0 spiro atoms. The summed E-state index contributed by atoms with van der Waals surface area (Å²) < 4.78 is 13.2. The molecule has 1 aliphatic rings. The Labute approximate surface area is 66.3 Å². The van der Waals surface area contributed by atoms with Gasteiger partial charge in [-0.15, -0.1) is 0 Å². The predicted octanol–water partition coefficient (Wildman–Crippen LogP) is 2.27. The Bertz CT molecular complexity index is 214. The normalized spacial score (nSPS) is 31.4. The van der Waals surface area contributed by atoms with Crippen molar-refractivity contribution in [2.45, 2.75) is 32.9 Å². The first kappa shape index (κ1) is 8.44. The lowest BCUT2D eigenvalue weighted by molar-refractivity contribution is -0.123. The third kappa shape index (κ3) is 1.50. The molecule has 0 N–H and O–H groups in total. The van der Waals surface area contributed by atoms with Gasteiger partial charge in [0.2, 0.25) is 0 Å². The molecule has 1 unspecified atom stereocenters. The van der Waals surface area contributed by atoms with Crippen LogP contribution in [0.25, 0.3) is 0 Å². The second kappa shape index (κ2) is 2.43. The van der Waals surface area contributed by atoms with Gasteiger partial charge in [0.25, 0.3) is 0 Å². The van der Waals surface area contributed by atoms with Gasteiger partial charge in [-0.1, -0.05) is 19.4 Å². The summed E-state index contributed by atoms with van der Waals surface area (Å²) in [6.07, 6.45) is 1.73. The van der Waals surface area contributed by atoms with Crippen molar-refractivity contribution >= 4 is 5.78 Å². The molecule has 0 fully saturated rings. The maximum Gasteiger partial charge on any atom is 0.192 e. The third-order valence-electron chi connectivity index (χ3n) is 2.11. The first-order chi connectivity index (χ1) is 4.93. The molecule has 1 rings (SSSR count). The van der Waals surface area contributed by atoms with E-state index in [1.807, 2.05) is 13.8 Å². The van der Waals surface area contributed by atoms with Crippen molar-refractivity contribution in [3.8, 4) is 0 Å². The average molecular weight is 156 g/mol. The van der Waals surface area contributed by atoms with E-state index in [-0.39, 0.29) is 18.1 Å². The Morgan fingerprint density at radius 1 is 1.64 bits per heavy atom. The largest absolute Gasteiger partial charge is 0.291 e. The standard InChI is InChI=1S/C9H13FO/c1-6(2)7-4-8(11)9(3,10)5-7/h4,6H,5H2,1-3H3. The third-order valence-corrected chi connectivity index (χ3v) is 2.11. The van der Waals surface area contributed by atoms with Gasteiger partial charge in [0.05, 0.1) is 0 Å².